The number of carboxylic acids is 1. The summed E-state index contributed by atoms with van der Waals surface area (Å²) >= 11 is 0. The van der Waals surface area contributed by atoms with Crippen molar-refractivity contribution in [1.29, 1.82) is 0 Å². The van der Waals surface area contributed by atoms with E-state index in [1.807, 2.05) is 17.1 Å². The number of aryl methyl sites for hydroxylation is 1. The Morgan fingerprint density at radius 3 is 2.78 bits per heavy atom. The van der Waals surface area contributed by atoms with Crippen molar-refractivity contribution < 1.29 is 9.90 Å². The van der Waals surface area contributed by atoms with Gasteiger partial charge in [-0.2, -0.15) is 5.10 Å². The summed E-state index contributed by atoms with van der Waals surface area (Å²) in [7, 11) is 0. The molecule has 0 aliphatic carbocycles. The molecule has 1 aromatic heterocycles. The fourth-order valence-electron chi connectivity index (χ4n) is 1.85. The van der Waals surface area contributed by atoms with Crippen LogP contribution in [-0.2, 0) is 17.9 Å². The fraction of sp³-hybridized carbons (Fsp3) is 0.692. The summed E-state index contributed by atoms with van der Waals surface area (Å²) in [6.45, 7) is 8.83. The van der Waals surface area contributed by atoms with E-state index in [4.69, 9.17) is 5.11 Å². The smallest absolute Gasteiger partial charge is 0.303 e. The van der Waals surface area contributed by atoms with Crippen LogP contribution in [0.5, 0.6) is 0 Å². The standard InChI is InChI=1S/C13H23N3O2/c1-4-16-10-12(8-14-16)9-15(11(2)3)7-5-6-13(17)18/h8,10-11H,4-7,9H2,1-3H3,(H,17,18). The molecule has 0 aliphatic rings. The van der Waals surface area contributed by atoms with Crippen molar-refractivity contribution >= 4 is 5.97 Å². The fourth-order valence-corrected chi connectivity index (χ4v) is 1.85. The van der Waals surface area contributed by atoms with E-state index < -0.39 is 5.97 Å². The number of aliphatic carboxylic acids is 1. The third kappa shape index (κ3) is 4.87. The van der Waals surface area contributed by atoms with Crippen molar-refractivity contribution in [3.8, 4) is 0 Å². The molecule has 0 spiro atoms. The van der Waals surface area contributed by atoms with Crippen molar-refractivity contribution in [2.75, 3.05) is 6.54 Å². The van der Waals surface area contributed by atoms with E-state index in [-0.39, 0.29) is 6.42 Å². The second-order valence-electron chi connectivity index (χ2n) is 4.77. The minimum atomic E-state index is -0.725. The van der Waals surface area contributed by atoms with Gasteiger partial charge in [-0.1, -0.05) is 0 Å². The largest absolute Gasteiger partial charge is 0.481 e. The van der Waals surface area contributed by atoms with Gasteiger partial charge in [0.2, 0.25) is 0 Å². The highest BCUT2D eigenvalue weighted by Gasteiger charge is 2.11. The number of hydrogen-bond donors (Lipinski definition) is 1. The summed E-state index contributed by atoms with van der Waals surface area (Å²) in [6.07, 6.45) is 4.86. The molecule has 0 aromatic carbocycles. The number of carbonyl (C=O) groups is 1. The van der Waals surface area contributed by atoms with Gasteiger partial charge in [0.15, 0.2) is 0 Å². The first-order valence-corrected chi connectivity index (χ1v) is 6.50. The summed E-state index contributed by atoms with van der Waals surface area (Å²) in [5.41, 5.74) is 1.18. The van der Waals surface area contributed by atoms with E-state index in [0.29, 0.717) is 12.5 Å². The second kappa shape index (κ2) is 7.16. The number of aromatic nitrogens is 2. The monoisotopic (exact) mass is 253 g/mol. The predicted octanol–water partition coefficient (Wildman–Crippen LogP) is 1.98. The van der Waals surface area contributed by atoms with Crippen molar-refractivity contribution in [1.82, 2.24) is 14.7 Å². The zero-order chi connectivity index (χ0) is 13.5. The van der Waals surface area contributed by atoms with Gasteiger partial charge in [0.25, 0.3) is 0 Å². The molecule has 0 fully saturated rings. The molecule has 5 heteroatoms. The molecule has 1 rings (SSSR count). The molecule has 0 aliphatic heterocycles. The molecule has 0 bridgehead atoms. The Morgan fingerprint density at radius 1 is 1.56 bits per heavy atom. The maximum atomic E-state index is 10.5. The molecular weight excluding hydrogens is 230 g/mol. The molecule has 1 aromatic rings. The lowest BCUT2D eigenvalue weighted by atomic mass is 10.2. The van der Waals surface area contributed by atoms with E-state index in [1.165, 1.54) is 5.56 Å². The van der Waals surface area contributed by atoms with Crippen LogP contribution in [0.25, 0.3) is 0 Å². The predicted molar refractivity (Wildman–Crippen MR) is 70.3 cm³/mol. The van der Waals surface area contributed by atoms with Gasteiger partial charge >= 0.3 is 5.97 Å². The average Bonchev–Trinajstić information content (AvgIpc) is 2.74. The molecular formula is C13H23N3O2. The summed E-state index contributed by atoms with van der Waals surface area (Å²) in [6, 6.07) is 0.406. The average molecular weight is 253 g/mol. The van der Waals surface area contributed by atoms with Gasteiger partial charge in [-0.25, -0.2) is 0 Å². The van der Waals surface area contributed by atoms with Crippen LogP contribution in [0.2, 0.25) is 0 Å². The van der Waals surface area contributed by atoms with Crippen LogP contribution < -0.4 is 0 Å². The highest BCUT2D eigenvalue weighted by molar-refractivity contribution is 5.66. The first-order chi connectivity index (χ1) is 8.52. The molecule has 0 amide bonds. The molecule has 0 radical (unpaired) electrons. The van der Waals surface area contributed by atoms with Crippen molar-refractivity contribution in [2.45, 2.75) is 52.7 Å². The van der Waals surface area contributed by atoms with E-state index in [0.717, 1.165) is 19.6 Å². The van der Waals surface area contributed by atoms with Crippen LogP contribution in [0.15, 0.2) is 12.4 Å². The van der Waals surface area contributed by atoms with Crippen molar-refractivity contribution in [3.63, 3.8) is 0 Å². The maximum Gasteiger partial charge on any atom is 0.303 e. The van der Waals surface area contributed by atoms with Crippen LogP contribution in [0.4, 0.5) is 0 Å². The lowest BCUT2D eigenvalue weighted by molar-refractivity contribution is -0.137. The topological polar surface area (TPSA) is 58.4 Å². The minimum absolute atomic E-state index is 0.234. The number of rotatable bonds is 8. The normalized spacial score (nSPS) is 11.4. The molecule has 18 heavy (non-hydrogen) atoms. The Labute approximate surface area is 108 Å². The lowest BCUT2D eigenvalue weighted by Gasteiger charge is -2.25. The maximum absolute atomic E-state index is 10.5. The number of carboxylic acid groups (broad SMARTS) is 1. The Kier molecular flexibility index (Phi) is 5.85. The zero-order valence-corrected chi connectivity index (χ0v) is 11.5. The molecule has 102 valence electrons. The molecule has 0 atom stereocenters. The van der Waals surface area contributed by atoms with Gasteiger partial charge < -0.3 is 5.11 Å². The highest BCUT2D eigenvalue weighted by atomic mass is 16.4. The molecule has 1 heterocycles. The Morgan fingerprint density at radius 2 is 2.28 bits per heavy atom. The summed E-state index contributed by atoms with van der Waals surface area (Å²) in [4.78, 5) is 12.8. The Balaban J connectivity index is 2.49. The van der Waals surface area contributed by atoms with Gasteiger partial charge in [0, 0.05) is 37.3 Å². The molecule has 0 saturated heterocycles. The Bertz CT molecular complexity index is 374. The second-order valence-corrected chi connectivity index (χ2v) is 4.77. The number of hydrogen-bond acceptors (Lipinski definition) is 3. The van der Waals surface area contributed by atoms with Gasteiger partial charge in [0.1, 0.15) is 0 Å². The highest BCUT2D eigenvalue weighted by Crippen LogP contribution is 2.09. The SMILES string of the molecule is CCn1cc(CN(CCCC(=O)O)C(C)C)cn1. The van der Waals surface area contributed by atoms with Crippen molar-refractivity contribution in [2.24, 2.45) is 0 Å². The Hall–Kier alpha value is -1.36. The summed E-state index contributed by atoms with van der Waals surface area (Å²) in [5.74, 6) is -0.725. The summed E-state index contributed by atoms with van der Waals surface area (Å²) in [5, 5.41) is 12.9. The molecule has 5 nitrogen and oxygen atoms in total. The first kappa shape index (κ1) is 14.7. The van der Waals surface area contributed by atoms with Gasteiger partial charge in [-0.05, 0) is 33.7 Å². The van der Waals surface area contributed by atoms with Crippen LogP contribution in [-0.4, -0.2) is 38.3 Å². The quantitative estimate of drug-likeness (QED) is 0.769. The lowest BCUT2D eigenvalue weighted by Crippen LogP contribution is -2.31. The minimum Gasteiger partial charge on any atom is -0.481 e. The third-order valence-electron chi connectivity index (χ3n) is 2.96. The van der Waals surface area contributed by atoms with Crippen LogP contribution in [0.1, 0.15) is 39.2 Å². The van der Waals surface area contributed by atoms with Crippen LogP contribution in [0.3, 0.4) is 0 Å². The van der Waals surface area contributed by atoms with Gasteiger partial charge in [-0.15, -0.1) is 0 Å². The van der Waals surface area contributed by atoms with Gasteiger partial charge in [0.05, 0.1) is 6.20 Å². The van der Waals surface area contributed by atoms with E-state index >= 15 is 0 Å². The summed E-state index contributed by atoms with van der Waals surface area (Å²) < 4.78 is 1.91. The molecule has 0 unspecified atom stereocenters. The molecule has 0 saturated carbocycles. The zero-order valence-electron chi connectivity index (χ0n) is 11.5. The van der Waals surface area contributed by atoms with E-state index in [9.17, 15) is 4.79 Å². The number of nitrogens with zero attached hydrogens (tertiary/aromatic N) is 3. The third-order valence-corrected chi connectivity index (χ3v) is 2.96. The molecule has 1 N–H and O–H groups in total. The first-order valence-electron chi connectivity index (χ1n) is 6.50. The van der Waals surface area contributed by atoms with Gasteiger partial charge in [-0.3, -0.25) is 14.4 Å². The van der Waals surface area contributed by atoms with Crippen LogP contribution >= 0.6 is 0 Å². The van der Waals surface area contributed by atoms with E-state index in [1.54, 1.807) is 0 Å². The van der Waals surface area contributed by atoms with Crippen LogP contribution in [0, 0.1) is 0 Å². The van der Waals surface area contributed by atoms with Crippen molar-refractivity contribution in [3.05, 3.63) is 18.0 Å². The van der Waals surface area contributed by atoms with E-state index in [2.05, 4.69) is 30.8 Å².